The molecule has 4 aliphatic rings. The Bertz CT molecular complexity index is 584. The lowest BCUT2D eigenvalue weighted by Gasteiger charge is -2.41. The zero-order valence-electron chi connectivity index (χ0n) is 13.3. The van der Waals surface area contributed by atoms with Crippen molar-refractivity contribution in [3.63, 3.8) is 0 Å². The minimum Gasteiger partial charge on any atom is -0.458 e. The van der Waals surface area contributed by atoms with Gasteiger partial charge in [-0.3, -0.25) is 4.79 Å². The minimum atomic E-state index is -0.499. The Morgan fingerprint density at radius 2 is 2.14 bits per heavy atom. The van der Waals surface area contributed by atoms with Crippen molar-refractivity contribution in [1.82, 2.24) is 0 Å². The molecule has 5 heteroatoms. The lowest BCUT2D eigenvalue weighted by atomic mass is 9.74. The summed E-state index contributed by atoms with van der Waals surface area (Å²) in [6.07, 6.45) is 2.20. The van der Waals surface area contributed by atoms with Gasteiger partial charge in [-0.2, -0.15) is 0 Å². The van der Waals surface area contributed by atoms with Crippen LogP contribution in [0.2, 0.25) is 0 Å². The van der Waals surface area contributed by atoms with E-state index in [2.05, 4.69) is 20.4 Å². The average Bonchev–Trinajstić information content (AvgIpc) is 2.93. The Morgan fingerprint density at radius 1 is 1.41 bits per heavy atom. The van der Waals surface area contributed by atoms with E-state index in [4.69, 9.17) is 14.2 Å². The summed E-state index contributed by atoms with van der Waals surface area (Å²) in [4.78, 5) is 23.6. The fraction of sp³-hybridized carbons (Fsp3) is 0.765. The monoisotopic (exact) mass is 306 g/mol. The van der Waals surface area contributed by atoms with E-state index in [9.17, 15) is 9.59 Å². The highest BCUT2D eigenvalue weighted by atomic mass is 16.6. The van der Waals surface area contributed by atoms with Crippen molar-refractivity contribution in [2.75, 3.05) is 0 Å². The van der Waals surface area contributed by atoms with E-state index < -0.39 is 5.60 Å². The van der Waals surface area contributed by atoms with Crippen molar-refractivity contribution < 1.29 is 23.8 Å². The Hall–Kier alpha value is -1.36. The van der Waals surface area contributed by atoms with Gasteiger partial charge in [-0.1, -0.05) is 13.5 Å². The first kappa shape index (κ1) is 14.2. The highest BCUT2D eigenvalue weighted by Crippen LogP contribution is 2.65. The predicted molar refractivity (Wildman–Crippen MR) is 76.8 cm³/mol. The van der Waals surface area contributed by atoms with Gasteiger partial charge in [0.05, 0.1) is 11.7 Å². The number of fused-ring (bicyclic) bond motifs is 4. The highest BCUT2D eigenvalue weighted by molar-refractivity contribution is 5.90. The molecule has 2 heterocycles. The fourth-order valence-electron chi connectivity index (χ4n) is 5.18. The van der Waals surface area contributed by atoms with E-state index >= 15 is 0 Å². The van der Waals surface area contributed by atoms with E-state index in [1.165, 1.54) is 6.92 Å². The van der Waals surface area contributed by atoms with Crippen molar-refractivity contribution in [2.24, 2.45) is 17.8 Å². The number of ether oxygens (including phenoxy) is 3. The minimum absolute atomic E-state index is 0.0113. The SMILES string of the molecule is C=C1C(=O)O[C@H]2C[C@H](C)[C@]3(OC(C)=O)C[C@H]4O[C@@]4(C)[C@H]3C[C@H]12. The molecule has 0 amide bonds. The summed E-state index contributed by atoms with van der Waals surface area (Å²) in [5, 5.41) is 0. The summed E-state index contributed by atoms with van der Waals surface area (Å²) in [6, 6.07) is 0. The summed E-state index contributed by atoms with van der Waals surface area (Å²) in [6.45, 7) is 9.59. The molecule has 2 saturated carbocycles. The van der Waals surface area contributed by atoms with Gasteiger partial charge >= 0.3 is 11.9 Å². The molecule has 2 saturated heterocycles. The molecule has 4 rings (SSSR count). The van der Waals surface area contributed by atoms with E-state index in [0.717, 1.165) is 12.8 Å². The molecule has 5 nitrogen and oxygen atoms in total. The molecule has 0 aromatic rings. The molecule has 0 unspecified atom stereocenters. The lowest BCUT2D eigenvalue weighted by Crippen LogP contribution is -2.48. The van der Waals surface area contributed by atoms with Crippen LogP contribution in [0, 0.1) is 17.8 Å². The quantitative estimate of drug-likeness (QED) is 0.421. The predicted octanol–water partition coefficient (Wildman–Crippen LogP) is 1.99. The van der Waals surface area contributed by atoms with Gasteiger partial charge in [-0.05, 0) is 25.7 Å². The van der Waals surface area contributed by atoms with Crippen LogP contribution in [0.5, 0.6) is 0 Å². The third-order valence-electron chi connectivity index (χ3n) is 6.42. The van der Waals surface area contributed by atoms with Gasteiger partial charge in [0.15, 0.2) is 0 Å². The number of rotatable bonds is 1. The van der Waals surface area contributed by atoms with Crippen LogP contribution in [0.3, 0.4) is 0 Å². The number of hydrogen-bond donors (Lipinski definition) is 0. The standard InChI is InChI=1S/C17H22O5/c1-8-5-12-11(9(2)15(19)20-12)6-13-16(4)14(22-16)7-17(8,13)21-10(3)18/h8,11-14H,2,5-7H2,1,3-4H3/t8-,11+,12-,13+,14+,16-,17+/m0/s1. The Balaban J connectivity index is 1.74. The summed E-state index contributed by atoms with van der Waals surface area (Å²) < 4.78 is 17.3. The zero-order valence-corrected chi connectivity index (χ0v) is 13.3. The average molecular weight is 306 g/mol. The van der Waals surface area contributed by atoms with Gasteiger partial charge in [-0.15, -0.1) is 0 Å². The largest absolute Gasteiger partial charge is 0.458 e. The van der Waals surface area contributed by atoms with Crippen LogP contribution < -0.4 is 0 Å². The number of carbonyl (C=O) groups is 2. The third-order valence-corrected chi connectivity index (χ3v) is 6.42. The molecule has 0 N–H and O–H groups in total. The smallest absolute Gasteiger partial charge is 0.334 e. The van der Waals surface area contributed by atoms with Crippen LogP contribution in [0.4, 0.5) is 0 Å². The lowest BCUT2D eigenvalue weighted by molar-refractivity contribution is -0.177. The van der Waals surface area contributed by atoms with Gasteiger partial charge in [0.2, 0.25) is 0 Å². The molecule has 0 bridgehead atoms. The topological polar surface area (TPSA) is 65.1 Å². The molecular weight excluding hydrogens is 284 g/mol. The molecule has 22 heavy (non-hydrogen) atoms. The summed E-state index contributed by atoms with van der Waals surface area (Å²) in [7, 11) is 0. The van der Waals surface area contributed by atoms with Gasteiger partial charge < -0.3 is 14.2 Å². The first-order valence-electron chi connectivity index (χ1n) is 8.05. The van der Waals surface area contributed by atoms with Crippen molar-refractivity contribution >= 4 is 11.9 Å². The zero-order chi connectivity index (χ0) is 15.9. The van der Waals surface area contributed by atoms with Crippen LogP contribution in [-0.4, -0.2) is 35.3 Å². The molecule has 2 aliphatic carbocycles. The van der Waals surface area contributed by atoms with Crippen molar-refractivity contribution in [3.05, 3.63) is 12.2 Å². The van der Waals surface area contributed by atoms with Crippen LogP contribution in [0.15, 0.2) is 12.2 Å². The molecule has 0 aromatic heterocycles. The molecule has 7 atom stereocenters. The fourth-order valence-corrected chi connectivity index (χ4v) is 5.18. The Kier molecular flexibility index (Phi) is 2.68. The first-order valence-corrected chi connectivity index (χ1v) is 8.05. The van der Waals surface area contributed by atoms with Gasteiger partial charge in [0.1, 0.15) is 11.7 Å². The summed E-state index contributed by atoms with van der Waals surface area (Å²) in [5.74, 6) is -0.297. The van der Waals surface area contributed by atoms with Crippen LogP contribution in [0.1, 0.15) is 40.0 Å². The first-order chi connectivity index (χ1) is 10.3. The normalized spacial score (nSPS) is 52.2. The number of carbonyl (C=O) groups excluding carboxylic acids is 2. The number of hydrogen-bond acceptors (Lipinski definition) is 5. The molecule has 4 fully saturated rings. The molecule has 0 radical (unpaired) electrons. The molecular formula is C17H22O5. The van der Waals surface area contributed by atoms with E-state index in [0.29, 0.717) is 12.0 Å². The molecule has 0 spiro atoms. The Morgan fingerprint density at radius 3 is 2.82 bits per heavy atom. The van der Waals surface area contributed by atoms with Crippen LogP contribution >= 0.6 is 0 Å². The van der Waals surface area contributed by atoms with Gasteiger partial charge in [0.25, 0.3) is 0 Å². The second-order valence-electron chi connectivity index (χ2n) is 7.54. The van der Waals surface area contributed by atoms with E-state index in [1.807, 2.05) is 0 Å². The Labute approximate surface area is 130 Å². The van der Waals surface area contributed by atoms with Crippen molar-refractivity contribution in [2.45, 2.75) is 63.4 Å². The number of esters is 2. The van der Waals surface area contributed by atoms with Gasteiger partial charge in [-0.25, -0.2) is 4.79 Å². The van der Waals surface area contributed by atoms with Crippen molar-refractivity contribution in [3.8, 4) is 0 Å². The van der Waals surface area contributed by atoms with Crippen LogP contribution in [0.25, 0.3) is 0 Å². The van der Waals surface area contributed by atoms with Crippen molar-refractivity contribution in [1.29, 1.82) is 0 Å². The molecule has 120 valence electrons. The molecule has 0 aromatic carbocycles. The molecule has 2 aliphatic heterocycles. The summed E-state index contributed by atoms with van der Waals surface area (Å²) in [5.41, 5.74) is -0.186. The second kappa shape index (κ2) is 4.13. The number of epoxide rings is 1. The maximum atomic E-state index is 11.8. The van der Waals surface area contributed by atoms with E-state index in [1.54, 1.807) is 0 Å². The maximum absolute atomic E-state index is 11.8. The van der Waals surface area contributed by atoms with E-state index in [-0.39, 0.29) is 47.5 Å². The highest BCUT2D eigenvalue weighted by Gasteiger charge is 2.75. The van der Waals surface area contributed by atoms with Gasteiger partial charge in [0, 0.05) is 30.8 Å². The third kappa shape index (κ3) is 1.63. The van der Waals surface area contributed by atoms with Crippen LogP contribution in [-0.2, 0) is 23.8 Å². The summed E-state index contributed by atoms with van der Waals surface area (Å²) >= 11 is 0. The second-order valence-corrected chi connectivity index (χ2v) is 7.54. The maximum Gasteiger partial charge on any atom is 0.334 e.